The minimum Gasteiger partial charge on any atom is -0.321 e. The van der Waals surface area contributed by atoms with E-state index in [1.807, 2.05) is 31.2 Å². The van der Waals surface area contributed by atoms with Gasteiger partial charge in [0.05, 0.1) is 12.1 Å². The van der Waals surface area contributed by atoms with Gasteiger partial charge in [0.25, 0.3) is 0 Å². The fraction of sp³-hybridized carbons (Fsp3) is 0.500. The summed E-state index contributed by atoms with van der Waals surface area (Å²) in [6.45, 7) is 0.547. The zero-order valence-corrected chi connectivity index (χ0v) is 11.6. The van der Waals surface area contributed by atoms with Crippen LogP contribution >= 0.6 is 7.82 Å². The molecule has 1 rings (SSSR count). The van der Waals surface area contributed by atoms with Gasteiger partial charge in [0.15, 0.2) is 0 Å². The highest BCUT2D eigenvalue weighted by atomic mass is 31.2. The molecule has 0 saturated heterocycles. The molecule has 0 saturated carbocycles. The molecule has 0 amide bonds. The van der Waals surface area contributed by atoms with E-state index in [4.69, 9.17) is 15.5 Å². The van der Waals surface area contributed by atoms with Gasteiger partial charge in [-0.25, -0.2) is 8.96 Å². The Morgan fingerprint density at radius 1 is 1.37 bits per heavy atom. The third kappa shape index (κ3) is 6.27. The molecule has 1 aromatic carbocycles. The maximum atomic E-state index is 12.9. The van der Waals surface area contributed by atoms with Gasteiger partial charge in [-0.05, 0) is 25.3 Å². The topological polar surface area (TPSA) is 92.8 Å². The quantitative estimate of drug-likeness (QED) is 0.665. The molecule has 0 aliphatic rings. The molecule has 1 atom stereocenters. The Bertz CT molecular complexity index is 448. The van der Waals surface area contributed by atoms with Gasteiger partial charge in [-0.2, -0.15) is 0 Å². The first-order chi connectivity index (χ1) is 8.74. The molecule has 0 bridgehead atoms. The zero-order valence-electron chi connectivity index (χ0n) is 10.8. The smallest absolute Gasteiger partial charge is 0.321 e. The second-order valence-electron chi connectivity index (χ2n) is 4.75. The number of phosphoric ester groups is 1. The Labute approximate surface area is 111 Å². The highest BCUT2D eigenvalue weighted by Crippen LogP contribution is 2.37. The predicted molar refractivity (Wildman–Crippen MR) is 70.4 cm³/mol. The van der Waals surface area contributed by atoms with Crippen LogP contribution in [-0.4, -0.2) is 28.6 Å². The van der Waals surface area contributed by atoms with Gasteiger partial charge in [-0.1, -0.05) is 29.8 Å². The van der Waals surface area contributed by atoms with Crippen LogP contribution in [-0.2, 0) is 15.5 Å². The Hall–Kier alpha value is -0.780. The number of alkyl halides is 1. The summed E-state index contributed by atoms with van der Waals surface area (Å²) < 4.78 is 27.8. The highest BCUT2D eigenvalue weighted by Gasteiger charge is 2.29. The van der Waals surface area contributed by atoms with Gasteiger partial charge in [0.1, 0.15) is 6.67 Å². The van der Waals surface area contributed by atoms with E-state index in [1.165, 1.54) is 0 Å². The van der Waals surface area contributed by atoms with Gasteiger partial charge in [-0.15, -0.1) is 0 Å². The molecule has 19 heavy (non-hydrogen) atoms. The van der Waals surface area contributed by atoms with Crippen LogP contribution in [0.15, 0.2) is 24.3 Å². The van der Waals surface area contributed by atoms with Crippen LogP contribution in [0.5, 0.6) is 0 Å². The van der Waals surface area contributed by atoms with Crippen molar-refractivity contribution in [3.63, 3.8) is 0 Å². The summed E-state index contributed by atoms with van der Waals surface area (Å²) in [5.74, 6) is 0. The van der Waals surface area contributed by atoms with Crippen molar-refractivity contribution in [3.05, 3.63) is 35.4 Å². The first-order valence-electron chi connectivity index (χ1n) is 5.85. The molecule has 0 radical (unpaired) electrons. The lowest BCUT2D eigenvalue weighted by atomic mass is 9.94. The molecule has 0 heterocycles. The Balaban J connectivity index is 2.55. The van der Waals surface area contributed by atoms with Crippen molar-refractivity contribution < 1.29 is 23.3 Å². The normalized spacial score (nSPS) is 15.2. The van der Waals surface area contributed by atoms with Crippen LogP contribution in [0.2, 0.25) is 0 Å². The molecule has 0 aliphatic carbocycles. The van der Waals surface area contributed by atoms with E-state index < -0.39 is 26.6 Å². The Kier molecular flexibility index (Phi) is 5.64. The van der Waals surface area contributed by atoms with Gasteiger partial charge >= 0.3 is 7.82 Å². The van der Waals surface area contributed by atoms with E-state index in [0.717, 1.165) is 11.1 Å². The minimum absolute atomic E-state index is 0.243. The van der Waals surface area contributed by atoms with E-state index in [9.17, 15) is 8.96 Å². The van der Waals surface area contributed by atoms with E-state index in [1.54, 1.807) is 0 Å². The first-order valence-corrected chi connectivity index (χ1v) is 7.38. The summed E-state index contributed by atoms with van der Waals surface area (Å²) >= 11 is 0. The van der Waals surface area contributed by atoms with Crippen molar-refractivity contribution in [1.82, 2.24) is 0 Å². The number of aryl methyl sites for hydroxylation is 2. The van der Waals surface area contributed by atoms with Crippen LogP contribution in [0.1, 0.15) is 17.5 Å². The van der Waals surface area contributed by atoms with Crippen LogP contribution in [0, 0.1) is 6.92 Å². The number of hydrogen-bond donors (Lipinski definition) is 3. The van der Waals surface area contributed by atoms with E-state index in [2.05, 4.69) is 4.52 Å². The third-order valence-electron chi connectivity index (χ3n) is 2.82. The fourth-order valence-corrected chi connectivity index (χ4v) is 1.96. The maximum absolute atomic E-state index is 12.9. The second-order valence-corrected chi connectivity index (χ2v) is 5.98. The molecule has 0 spiro atoms. The molecule has 0 aromatic heterocycles. The monoisotopic (exact) mass is 291 g/mol. The Morgan fingerprint density at radius 3 is 2.42 bits per heavy atom. The molecule has 108 valence electrons. The van der Waals surface area contributed by atoms with Crippen molar-refractivity contribution in [1.29, 1.82) is 0 Å². The average Bonchev–Trinajstić information content (AvgIpc) is 2.35. The molecule has 1 unspecified atom stereocenters. The lowest BCUT2D eigenvalue weighted by molar-refractivity contribution is 0.130. The van der Waals surface area contributed by atoms with Crippen molar-refractivity contribution in [2.45, 2.75) is 25.3 Å². The number of halogens is 1. The van der Waals surface area contributed by atoms with Crippen molar-refractivity contribution >= 4 is 7.82 Å². The van der Waals surface area contributed by atoms with Crippen LogP contribution in [0.3, 0.4) is 0 Å². The number of hydrogen-bond acceptors (Lipinski definition) is 3. The Morgan fingerprint density at radius 2 is 1.95 bits per heavy atom. The van der Waals surface area contributed by atoms with Crippen LogP contribution in [0.25, 0.3) is 0 Å². The van der Waals surface area contributed by atoms with E-state index in [0.29, 0.717) is 6.42 Å². The van der Waals surface area contributed by atoms with Crippen molar-refractivity contribution in [3.8, 4) is 0 Å². The fourth-order valence-electron chi connectivity index (χ4n) is 1.54. The molecular weight excluding hydrogens is 272 g/mol. The summed E-state index contributed by atoms with van der Waals surface area (Å²) in [7, 11) is -4.62. The van der Waals surface area contributed by atoms with E-state index >= 15 is 0 Å². The maximum Gasteiger partial charge on any atom is 0.469 e. The average molecular weight is 291 g/mol. The molecule has 0 fully saturated rings. The van der Waals surface area contributed by atoms with E-state index in [-0.39, 0.29) is 6.42 Å². The molecule has 1 aromatic rings. The van der Waals surface area contributed by atoms with Crippen molar-refractivity contribution in [2.75, 3.05) is 13.3 Å². The second kappa shape index (κ2) is 6.59. The zero-order chi connectivity index (χ0) is 14.5. The standard InChI is InChI=1S/C12H19FNO4P/c1-10-2-4-11(5-3-10)6-7-12(14,8-13)9-18-19(15,16)17/h2-5H,6-9,14H2,1H3,(H2,15,16,17). The van der Waals surface area contributed by atoms with Gasteiger partial charge < -0.3 is 15.5 Å². The van der Waals surface area contributed by atoms with Crippen molar-refractivity contribution in [2.24, 2.45) is 5.73 Å². The minimum atomic E-state index is -4.62. The molecule has 7 heteroatoms. The molecule has 5 nitrogen and oxygen atoms in total. The first kappa shape index (κ1) is 16.3. The SMILES string of the molecule is Cc1ccc(CCC(N)(CF)COP(=O)(O)O)cc1. The third-order valence-corrected chi connectivity index (χ3v) is 3.28. The summed E-state index contributed by atoms with van der Waals surface area (Å²) in [4.78, 5) is 17.2. The number of phosphoric acid groups is 1. The van der Waals surface area contributed by atoms with Gasteiger partial charge in [-0.3, -0.25) is 4.52 Å². The number of nitrogens with two attached hydrogens (primary N) is 1. The summed E-state index contributed by atoms with van der Waals surface area (Å²) in [6.07, 6.45) is 0.762. The van der Waals surface area contributed by atoms with Crippen LogP contribution < -0.4 is 5.73 Å². The van der Waals surface area contributed by atoms with Gasteiger partial charge in [0.2, 0.25) is 0 Å². The van der Waals surface area contributed by atoms with Crippen LogP contribution in [0.4, 0.5) is 4.39 Å². The van der Waals surface area contributed by atoms with Gasteiger partial charge in [0, 0.05) is 0 Å². The number of benzene rings is 1. The molecule has 0 aliphatic heterocycles. The largest absolute Gasteiger partial charge is 0.469 e. The summed E-state index contributed by atoms with van der Waals surface area (Å²) in [5.41, 5.74) is 6.47. The lowest BCUT2D eigenvalue weighted by Gasteiger charge is -2.26. The predicted octanol–water partition coefficient (Wildman–Crippen LogP) is 1.70. The summed E-state index contributed by atoms with van der Waals surface area (Å²) in [5, 5.41) is 0. The molecular formula is C12H19FNO4P. The number of rotatable bonds is 7. The highest BCUT2D eigenvalue weighted by molar-refractivity contribution is 7.46. The molecule has 4 N–H and O–H groups in total. The lowest BCUT2D eigenvalue weighted by Crippen LogP contribution is -2.47. The summed E-state index contributed by atoms with van der Waals surface area (Å²) in [6, 6.07) is 7.71.